The molecule has 4 aromatic carbocycles. The molecule has 65 heavy (non-hydrogen) atoms. The molecule has 0 bridgehead atoms. The lowest BCUT2D eigenvalue weighted by atomic mass is 10.1. The molecule has 0 atom stereocenters. The summed E-state index contributed by atoms with van der Waals surface area (Å²) in [6.45, 7) is 0. The number of pyridine rings is 2. The molecule has 336 valence electrons. The number of anilines is 2. The zero-order chi connectivity index (χ0) is 47.5. The molecule has 0 spiro atoms. The van der Waals surface area contributed by atoms with E-state index in [1.807, 2.05) is 0 Å². The molecule has 0 radical (unpaired) electrons. The first-order valence-electron chi connectivity index (χ1n) is 18.3. The summed E-state index contributed by atoms with van der Waals surface area (Å²) in [6.07, 6.45) is -3.79. The highest BCUT2D eigenvalue weighted by Crippen LogP contribution is 2.34. The number of aromatic nitrogens is 6. The van der Waals surface area contributed by atoms with Crippen molar-refractivity contribution < 1.29 is 43.2 Å². The molecule has 14 nitrogen and oxygen atoms in total. The predicted molar refractivity (Wildman–Crippen MR) is 232 cm³/mol. The Hall–Kier alpha value is -7.17. The van der Waals surface area contributed by atoms with Gasteiger partial charge in [0.15, 0.2) is 0 Å². The fourth-order valence-corrected chi connectivity index (χ4v) is 7.81. The lowest BCUT2D eigenvalue weighted by Gasteiger charge is -2.14. The maximum atomic E-state index is 13.2. The third kappa shape index (κ3) is 10.8. The quantitative estimate of drug-likeness (QED) is 0.0928. The summed E-state index contributed by atoms with van der Waals surface area (Å²) in [5.74, 6) is 0.0909. The van der Waals surface area contributed by atoms with Crippen LogP contribution >= 0.6 is 10.7 Å². The van der Waals surface area contributed by atoms with Crippen molar-refractivity contribution in [2.75, 3.05) is 10.5 Å². The second-order valence-corrected chi connectivity index (χ2v) is 17.9. The van der Waals surface area contributed by atoms with Gasteiger partial charge in [0.25, 0.3) is 30.2 Å². The zero-order valence-corrected chi connectivity index (χ0v) is 35.8. The van der Waals surface area contributed by atoms with E-state index in [0.717, 1.165) is 35.0 Å². The third-order valence-corrected chi connectivity index (χ3v) is 11.9. The molecule has 8 rings (SSSR count). The molecule has 0 unspecified atom stereocenters. The van der Waals surface area contributed by atoms with Gasteiger partial charge in [0.1, 0.15) is 32.5 Å². The summed E-state index contributed by atoms with van der Waals surface area (Å²) >= 11 is 0. The number of nitrogen functional groups attached to an aromatic ring is 1. The first kappa shape index (κ1) is 47.3. The van der Waals surface area contributed by atoms with Crippen molar-refractivity contribution in [1.29, 1.82) is 0 Å². The van der Waals surface area contributed by atoms with Crippen molar-refractivity contribution in [3.8, 4) is 22.8 Å². The van der Waals surface area contributed by atoms with Gasteiger partial charge in [-0.2, -0.15) is 26.3 Å². The predicted octanol–water partition coefficient (Wildman–Crippen LogP) is 8.03. The Morgan fingerprint density at radius 3 is 1.49 bits per heavy atom. The standard InChI is InChI=1S/C21H15F3N4O3S.C16H12F3N3O.C5H4ClNO2S/c1-28-19(13-5-2-6-14(11-13)21(22,23)24)26-18-16(20(28)29)8-3-9-17(18)27-32(30,31)15-7-4-10-25-12-15;1-22-14(9-4-2-5-10(8-9)16(17,18)19)21-13-11(15(22)23)6-3-7-12(13)20;6-10(8,9)5-2-1-3-7-4-5/h2-12,27H,1H3;2-8H,20H2,1H3;1-4H. The molecule has 0 amide bonds. The highest BCUT2D eigenvalue weighted by Gasteiger charge is 2.32. The Kier molecular flexibility index (Phi) is 13.5. The molecule has 3 N–H and O–H groups in total. The lowest BCUT2D eigenvalue weighted by Crippen LogP contribution is -2.21. The van der Waals surface area contributed by atoms with Gasteiger partial charge in [-0.1, -0.05) is 36.4 Å². The number of nitrogens with two attached hydrogens (primary N) is 1. The average Bonchev–Trinajstić information content (AvgIpc) is 3.27. The molecular formula is C42H31ClF6N8O6S2. The van der Waals surface area contributed by atoms with Crippen LogP contribution in [-0.2, 0) is 45.5 Å². The van der Waals surface area contributed by atoms with Crippen molar-refractivity contribution in [3.05, 3.63) is 166 Å². The maximum Gasteiger partial charge on any atom is 0.416 e. The molecule has 0 saturated heterocycles. The summed E-state index contributed by atoms with van der Waals surface area (Å²) in [5.41, 5.74) is 4.09. The highest BCUT2D eigenvalue weighted by molar-refractivity contribution is 8.13. The van der Waals surface area contributed by atoms with Crippen LogP contribution in [0.15, 0.2) is 153 Å². The van der Waals surface area contributed by atoms with E-state index in [9.17, 15) is 52.8 Å². The minimum absolute atomic E-state index is 0.00970. The van der Waals surface area contributed by atoms with E-state index in [1.165, 1.54) is 104 Å². The molecule has 0 fully saturated rings. The molecule has 0 aliphatic carbocycles. The van der Waals surface area contributed by atoms with Crippen LogP contribution in [0, 0.1) is 0 Å². The zero-order valence-electron chi connectivity index (χ0n) is 33.4. The highest BCUT2D eigenvalue weighted by atomic mass is 35.7. The fraction of sp³-hybridized carbons (Fsp3) is 0.0952. The Morgan fingerprint density at radius 2 is 1.05 bits per heavy atom. The van der Waals surface area contributed by atoms with E-state index < -0.39 is 48.1 Å². The Bertz CT molecular complexity index is 3410. The van der Waals surface area contributed by atoms with E-state index in [1.54, 1.807) is 18.2 Å². The number of para-hydroxylation sites is 2. The molecule has 0 saturated carbocycles. The second-order valence-electron chi connectivity index (χ2n) is 13.6. The smallest absolute Gasteiger partial charge is 0.397 e. The van der Waals surface area contributed by atoms with Crippen LogP contribution in [0.5, 0.6) is 0 Å². The van der Waals surface area contributed by atoms with Crippen LogP contribution in [0.25, 0.3) is 44.6 Å². The Labute approximate surface area is 369 Å². The monoisotopic (exact) mass is 956 g/mol. The van der Waals surface area contributed by atoms with E-state index in [2.05, 4.69) is 24.7 Å². The Morgan fingerprint density at radius 1 is 0.600 bits per heavy atom. The van der Waals surface area contributed by atoms with Crippen molar-refractivity contribution in [1.82, 2.24) is 29.1 Å². The van der Waals surface area contributed by atoms with Crippen LogP contribution in [0.3, 0.4) is 0 Å². The molecular weight excluding hydrogens is 926 g/mol. The van der Waals surface area contributed by atoms with Crippen molar-refractivity contribution in [2.45, 2.75) is 22.1 Å². The summed E-state index contributed by atoms with van der Waals surface area (Å²) in [6, 6.07) is 23.9. The normalized spacial score (nSPS) is 11.9. The molecule has 23 heteroatoms. The number of rotatable bonds is 6. The van der Waals surface area contributed by atoms with Gasteiger partial charge < -0.3 is 5.73 Å². The number of alkyl halides is 6. The minimum atomic E-state index is -4.57. The fourth-order valence-electron chi connectivity index (χ4n) is 6.08. The van der Waals surface area contributed by atoms with Gasteiger partial charge in [0.2, 0.25) is 0 Å². The number of hydrogen-bond acceptors (Lipinski definition) is 11. The largest absolute Gasteiger partial charge is 0.416 e. The lowest BCUT2D eigenvalue weighted by molar-refractivity contribution is -0.138. The Balaban J connectivity index is 0.000000184. The summed E-state index contributed by atoms with van der Waals surface area (Å²) in [5, 5.41) is 0.429. The molecule has 4 heterocycles. The van der Waals surface area contributed by atoms with E-state index in [-0.39, 0.29) is 60.2 Å². The minimum Gasteiger partial charge on any atom is -0.397 e. The third-order valence-electron chi connectivity index (χ3n) is 9.25. The van der Waals surface area contributed by atoms with E-state index in [0.29, 0.717) is 11.1 Å². The first-order chi connectivity index (χ1) is 30.5. The topological polar surface area (TPSA) is 202 Å². The van der Waals surface area contributed by atoms with Crippen LogP contribution < -0.4 is 21.6 Å². The number of sulfonamides is 1. The van der Waals surface area contributed by atoms with Crippen molar-refractivity contribution >= 4 is 62.9 Å². The van der Waals surface area contributed by atoms with Crippen molar-refractivity contribution in [3.63, 3.8) is 0 Å². The van der Waals surface area contributed by atoms with Gasteiger partial charge in [-0.05, 0) is 72.8 Å². The van der Waals surface area contributed by atoms with Gasteiger partial charge >= 0.3 is 12.4 Å². The van der Waals surface area contributed by atoms with Gasteiger partial charge in [-0.15, -0.1) is 0 Å². The molecule has 0 aliphatic rings. The van der Waals surface area contributed by atoms with Crippen LogP contribution in [0.2, 0.25) is 0 Å². The number of nitrogens with zero attached hydrogens (tertiary/aromatic N) is 6. The molecule has 8 aromatic rings. The SMILES string of the molecule is Cn1c(-c2cccc(C(F)(F)F)c2)nc2c(N)cccc2c1=O.Cn1c(-c2cccc(C(F)(F)F)c2)nc2c(NS(=O)(=O)c3cccnc3)cccc2c1=O.O=S(=O)(Cl)c1cccnc1. The van der Waals surface area contributed by atoms with Gasteiger partial charge in [0, 0.05) is 60.7 Å². The average molecular weight is 957 g/mol. The number of halogens is 7. The summed E-state index contributed by atoms with van der Waals surface area (Å²) < 4.78 is 129. The summed E-state index contributed by atoms with van der Waals surface area (Å²) in [7, 11) is 0.208. The van der Waals surface area contributed by atoms with E-state index in [4.69, 9.17) is 16.4 Å². The number of benzene rings is 4. The molecule has 4 aromatic heterocycles. The first-order valence-corrected chi connectivity index (χ1v) is 22.1. The van der Waals surface area contributed by atoms with E-state index >= 15 is 0 Å². The van der Waals surface area contributed by atoms with Crippen LogP contribution in [0.4, 0.5) is 37.7 Å². The van der Waals surface area contributed by atoms with Gasteiger partial charge in [0.05, 0.1) is 33.3 Å². The second kappa shape index (κ2) is 18.5. The molecule has 0 aliphatic heterocycles. The number of hydrogen-bond donors (Lipinski definition) is 2. The van der Waals surface area contributed by atoms with Gasteiger partial charge in [-0.3, -0.25) is 33.4 Å². The van der Waals surface area contributed by atoms with Gasteiger partial charge in [-0.25, -0.2) is 26.8 Å². The summed E-state index contributed by atoms with van der Waals surface area (Å²) in [4.78, 5) is 41.3. The van der Waals surface area contributed by atoms with Crippen LogP contribution in [-0.4, -0.2) is 45.9 Å². The maximum absolute atomic E-state index is 13.2. The van der Waals surface area contributed by atoms with Crippen LogP contribution in [0.1, 0.15) is 11.1 Å². The van der Waals surface area contributed by atoms with Crippen molar-refractivity contribution in [2.24, 2.45) is 14.1 Å². The number of nitrogens with one attached hydrogen (secondary N) is 1. The number of fused-ring (bicyclic) bond motifs is 2.